The highest BCUT2D eigenvalue weighted by Gasteiger charge is 2.06. The first-order chi connectivity index (χ1) is 7.36. The Labute approximate surface area is 106 Å². The number of hydrogen-bond acceptors (Lipinski definition) is 6. The first kappa shape index (κ1) is 20.7. The predicted octanol–water partition coefficient (Wildman–Crippen LogP) is -0.542. The van der Waals surface area contributed by atoms with E-state index in [9.17, 15) is 9.59 Å². The van der Waals surface area contributed by atoms with E-state index in [-0.39, 0.29) is 11.5 Å². The number of carboxylic acid groups (broad SMARTS) is 2. The van der Waals surface area contributed by atoms with E-state index in [1.807, 2.05) is 0 Å². The smallest absolute Gasteiger partial charge is 0.321 e. The Kier molecular flexibility index (Phi) is 18.5. The lowest BCUT2D eigenvalue weighted by Crippen LogP contribution is -2.31. The van der Waals surface area contributed by atoms with Crippen LogP contribution in [0.2, 0.25) is 0 Å². The highest BCUT2D eigenvalue weighted by atomic mass is 32.1. The van der Waals surface area contributed by atoms with E-state index in [0.717, 1.165) is 0 Å². The highest BCUT2D eigenvalue weighted by molar-refractivity contribution is 7.80. The summed E-state index contributed by atoms with van der Waals surface area (Å²) in [7, 11) is 0. The first-order valence-electron chi connectivity index (χ1n) is 4.05. The van der Waals surface area contributed by atoms with Crippen LogP contribution in [0.3, 0.4) is 0 Å². The molecule has 0 saturated carbocycles. The average Bonchev–Trinajstić information content (AvgIpc) is 2.29. The molecule has 2 atom stereocenters. The third-order valence-corrected chi connectivity index (χ3v) is 1.81. The second-order valence-corrected chi connectivity index (χ2v) is 2.98. The molecule has 0 aliphatic rings. The van der Waals surface area contributed by atoms with Crippen molar-refractivity contribution in [3.8, 4) is 0 Å². The minimum Gasteiger partial charge on any atom is -0.480 e. The van der Waals surface area contributed by atoms with Gasteiger partial charge >= 0.3 is 11.9 Å². The van der Waals surface area contributed by atoms with Gasteiger partial charge in [0.25, 0.3) is 0 Å². The zero-order chi connectivity index (χ0) is 13.7. The Bertz CT molecular complexity index is 184. The third-order valence-electron chi connectivity index (χ3n) is 1.03. The van der Waals surface area contributed by atoms with Crippen LogP contribution in [-0.2, 0) is 9.59 Å². The lowest BCUT2D eigenvalue weighted by atomic mass is 10.4. The Hall–Kier alpha value is -0.700. The summed E-state index contributed by atoms with van der Waals surface area (Å²) in [5.41, 5.74) is 9.88. The van der Waals surface area contributed by atoms with Gasteiger partial charge in [-0.15, -0.1) is 13.2 Å². The van der Waals surface area contributed by atoms with Crippen LogP contribution in [0, 0.1) is 0 Å². The number of carboxylic acids is 2. The molecular weight excluding hydrogens is 252 g/mol. The fourth-order valence-electron chi connectivity index (χ4n) is 0.156. The Morgan fingerprint density at radius 2 is 1.19 bits per heavy atom. The second kappa shape index (κ2) is 14.3. The monoisotopic (exact) mass is 270 g/mol. The van der Waals surface area contributed by atoms with E-state index < -0.39 is 24.0 Å². The summed E-state index contributed by atoms with van der Waals surface area (Å²) < 4.78 is 0. The van der Waals surface area contributed by atoms with E-state index in [0.29, 0.717) is 0 Å². The molecule has 6 N–H and O–H groups in total. The van der Waals surface area contributed by atoms with Crippen molar-refractivity contribution in [3.63, 3.8) is 0 Å². The van der Waals surface area contributed by atoms with Crippen LogP contribution in [-0.4, -0.2) is 45.7 Å². The van der Waals surface area contributed by atoms with E-state index in [1.54, 1.807) is 0 Å². The zero-order valence-corrected chi connectivity index (χ0v) is 10.5. The van der Waals surface area contributed by atoms with Crippen LogP contribution in [0.4, 0.5) is 0 Å². The normalized spacial score (nSPS) is 12.0. The van der Waals surface area contributed by atoms with Gasteiger partial charge in [0, 0.05) is 11.5 Å². The number of hydrogen-bond donors (Lipinski definition) is 6. The number of nitrogens with two attached hydrogens (primary N) is 2. The lowest BCUT2D eigenvalue weighted by Gasteiger charge is -1.96. The van der Waals surface area contributed by atoms with Gasteiger partial charge in [0.2, 0.25) is 0 Å². The minimum absolute atomic E-state index is 0.190. The molecule has 16 heavy (non-hydrogen) atoms. The number of rotatable bonds is 4. The Balaban J connectivity index is -0.000000183. The fourth-order valence-corrected chi connectivity index (χ4v) is 0.469. The SMILES string of the molecule is C=C.N[C@@H](CS)C(=O)O.N[C@@H](CS)C(=O)O. The predicted molar refractivity (Wildman–Crippen MR) is 70.2 cm³/mol. The largest absolute Gasteiger partial charge is 0.480 e. The van der Waals surface area contributed by atoms with Crippen LogP contribution in [0.15, 0.2) is 13.2 Å². The van der Waals surface area contributed by atoms with Gasteiger partial charge in [-0.1, -0.05) is 0 Å². The molecule has 6 nitrogen and oxygen atoms in total. The molecule has 96 valence electrons. The average molecular weight is 270 g/mol. The van der Waals surface area contributed by atoms with Crippen molar-refractivity contribution in [1.29, 1.82) is 0 Å². The number of carbonyl (C=O) groups is 2. The molecule has 0 unspecified atom stereocenters. The summed E-state index contributed by atoms with van der Waals surface area (Å²) in [6.07, 6.45) is 0. The molecule has 0 bridgehead atoms. The standard InChI is InChI=1S/2C3H7NO2S.C2H4/c2*4-2(1-7)3(5)6;1-2/h2*2,7H,1,4H2,(H,5,6);1-2H2/t2*2-;/m00./s1. The van der Waals surface area contributed by atoms with Crippen molar-refractivity contribution in [2.45, 2.75) is 12.1 Å². The topological polar surface area (TPSA) is 127 Å². The minimum atomic E-state index is -1.00. The maximum Gasteiger partial charge on any atom is 0.321 e. The van der Waals surface area contributed by atoms with Crippen molar-refractivity contribution >= 4 is 37.2 Å². The van der Waals surface area contributed by atoms with E-state index in [2.05, 4.69) is 38.4 Å². The van der Waals surface area contributed by atoms with Gasteiger partial charge in [-0.25, -0.2) is 0 Å². The quantitative estimate of drug-likeness (QED) is 0.301. The molecule has 0 radical (unpaired) electrons. The van der Waals surface area contributed by atoms with Crippen LogP contribution in [0.1, 0.15) is 0 Å². The van der Waals surface area contributed by atoms with Crippen molar-refractivity contribution in [3.05, 3.63) is 13.2 Å². The van der Waals surface area contributed by atoms with Crippen LogP contribution >= 0.6 is 25.3 Å². The summed E-state index contributed by atoms with van der Waals surface area (Å²) in [5.74, 6) is -1.63. The molecule has 8 heteroatoms. The molecule has 0 saturated heterocycles. The molecule has 0 aliphatic carbocycles. The van der Waals surface area contributed by atoms with Gasteiger partial charge in [0.15, 0.2) is 0 Å². The summed E-state index contributed by atoms with van der Waals surface area (Å²) in [6, 6.07) is -1.63. The van der Waals surface area contributed by atoms with Crippen molar-refractivity contribution in [2.75, 3.05) is 11.5 Å². The van der Waals surface area contributed by atoms with Gasteiger partial charge in [0.1, 0.15) is 12.1 Å². The van der Waals surface area contributed by atoms with E-state index in [4.69, 9.17) is 21.7 Å². The van der Waals surface area contributed by atoms with Crippen LogP contribution in [0.25, 0.3) is 0 Å². The zero-order valence-electron chi connectivity index (χ0n) is 8.74. The maximum atomic E-state index is 9.76. The third kappa shape index (κ3) is 15.8. The van der Waals surface area contributed by atoms with Gasteiger partial charge in [-0.05, 0) is 0 Å². The van der Waals surface area contributed by atoms with Crippen LogP contribution in [0.5, 0.6) is 0 Å². The summed E-state index contributed by atoms with van der Waals surface area (Å²) in [5, 5.41) is 16.0. The van der Waals surface area contributed by atoms with Crippen LogP contribution < -0.4 is 11.5 Å². The second-order valence-electron chi connectivity index (χ2n) is 2.25. The highest BCUT2D eigenvalue weighted by Crippen LogP contribution is 1.80. The summed E-state index contributed by atoms with van der Waals surface area (Å²) in [4.78, 5) is 19.5. The molecule has 0 rings (SSSR count). The molecule has 0 amide bonds. The molecular formula is C8H18N2O4S2. The summed E-state index contributed by atoms with van der Waals surface area (Å²) >= 11 is 7.30. The van der Waals surface area contributed by atoms with Crippen molar-refractivity contribution in [2.24, 2.45) is 11.5 Å². The first-order valence-corrected chi connectivity index (χ1v) is 5.31. The number of thiol groups is 2. The van der Waals surface area contributed by atoms with Gasteiger partial charge in [-0.2, -0.15) is 25.3 Å². The van der Waals surface area contributed by atoms with Crippen molar-refractivity contribution in [1.82, 2.24) is 0 Å². The van der Waals surface area contributed by atoms with E-state index in [1.165, 1.54) is 0 Å². The van der Waals surface area contributed by atoms with Gasteiger partial charge < -0.3 is 21.7 Å². The molecule has 0 fully saturated rings. The van der Waals surface area contributed by atoms with Crippen molar-refractivity contribution < 1.29 is 19.8 Å². The molecule has 0 aliphatic heterocycles. The summed E-state index contributed by atoms with van der Waals surface area (Å²) in [6.45, 7) is 6.00. The Morgan fingerprint density at radius 1 is 1.00 bits per heavy atom. The molecule has 0 spiro atoms. The fraction of sp³-hybridized carbons (Fsp3) is 0.500. The van der Waals surface area contributed by atoms with Gasteiger partial charge in [0.05, 0.1) is 0 Å². The number of aliphatic carboxylic acids is 2. The molecule has 0 heterocycles. The van der Waals surface area contributed by atoms with E-state index >= 15 is 0 Å². The Morgan fingerprint density at radius 3 is 1.19 bits per heavy atom. The lowest BCUT2D eigenvalue weighted by molar-refractivity contribution is -0.138. The van der Waals surface area contributed by atoms with Gasteiger partial charge in [-0.3, -0.25) is 9.59 Å². The molecule has 0 aromatic heterocycles. The molecule has 0 aromatic carbocycles. The molecule has 0 aromatic rings. The maximum absolute atomic E-state index is 9.76.